The molecule has 0 saturated heterocycles. The molecule has 0 bridgehead atoms. The van der Waals surface area contributed by atoms with Crippen LogP contribution < -0.4 is 5.32 Å². The molecule has 2 aromatic carbocycles. The molecule has 4 nitrogen and oxygen atoms in total. The molecule has 1 unspecified atom stereocenters. The standard InChI is InChI=1S/C18H14ClN3O/c19-13-6-8-14(9-7-13)22-11-20-17-15(10-16(23)21-18(17)22)12-4-2-1-3-5-12/h1-9,11,15H,10H2,(H,21,23). The molecule has 4 rings (SSSR count). The molecule has 0 fully saturated rings. The largest absolute Gasteiger partial charge is 0.310 e. The molecule has 1 aliphatic heterocycles. The van der Waals surface area contributed by atoms with Crippen molar-refractivity contribution in [3.63, 3.8) is 0 Å². The zero-order chi connectivity index (χ0) is 15.8. The lowest BCUT2D eigenvalue weighted by Gasteiger charge is -2.23. The monoisotopic (exact) mass is 323 g/mol. The van der Waals surface area contributed by atoms with Crippen molar-refractivity contribution >= 4 is 23.3 Å². The van der Waals surface area contributed by atoms with Crippen LogP contribution in [0.3, 0.4) is 0 Å². The summed E-state index contributed by atoms with van der Waals surface area (Å²) in [6.45, 7) is 0. The van der Waals surface area contributed by atoms with Crippen molar-refractivity contribution in [2.45, 2.75) is 12.3 Å². The van der Waals surface area contributed by atoms with Gasteiger partial charge in [0, 0.05) is 23.0 Å². The predicted octanol–water partition coefficient (Wildman–Crippen LogP) is 4.00. The molecule has 2 heterocycles. The van der Waals surface area contributed by atoms with Gasteiger partial charge >= 0.3 is 0 Å². The Labute approximate surface area is 138 Å². The Bertz CT molecular complexity index is 856. The lowest BCUT2D eigenvalue weighted by molar-refractivity contribution is -0.116. The molecule has 0 spiro atoms. The fourth-order valence-electron chi connectivity index (χ4n) is 2.97. The van der Waals surface area contributed by atoms with E-state index in [1.165, 1.54) is 0 Å². The second-order valence-electron chi connectivity index (χ2n) is 5.54. The van der Waals surface area contributed by atoms with Gasteiger partial charge in [0.2, 0.25) is 5.91 Å². The Morgan fingerprint density at radius 1 is 1.09 bits per heavy atom. The Kier molecular flexibility index (Phi) is 3.39. The van der Waals surface area contributed by atoms with Gasteiger partial charge in [0.1, 0.15) is 12.1 Å². The summed E-state index contributed by atoms with van der Waals surface area (Å²) in [5.74, 6) is 0.716. The van der Waals surface area contributed by atoms with Crippen LogP contribution in [0.25, 0.3) is 5.69 Å². The molecule has 0 aliphatic carbocycles. The first kappa shape index (κ1) is 14.0. The highest BCUT2D eigenvalue weighted by molar-refractivity contribution is 6.30. The molecule has 1 aromatic heterocycles. The zero-order valence-electron chi connectivity index (χ0n) is 12.2. The minimum absolute atomic E-state index is 0.00191. The van der Waals surface area contributed by atoms with Crippen LogP contribution >= 0.6 is 11.6 Å². The summed E-state index contributed by atoms with van der Waals surface area (Å²) >= 11 is 5.95. The van der Waals surface area contributed by atoms with E-state index in [2.05, 4.69) is 10.3 Å². The van der Waals surface area contributed by atoms with E-state index < -0.39 is 0 Å². The number of anilines is 1. The summed E-state index contributed by atoms with van der Waals surface area (Å²) in [5.41, 5.74) is 2.91. The molecule has 114 valence electrons. The number of amides is 1. The first-order valence-corrected chi connectivity index (χ1v) is 7.78. The number of rotatable bonds is 2. The van der Waals surface area contributed by atoms with Crippen LogP contribution in [0, 0.1) is 0 Å². The molecule has 1 N–H and O–H groups in total. The topological polar surface area (TPSA) is 46.9 Å². The van der Waals surface area contributed by atoms with Crippen LogP contribution in [0.4, 0.5) is 5.82 Å². The molecule has 1 atom stereocenters. The Hall–Kier alpha value is -2.59. The van der Waals surface area contributed by atoms with Crippen molar-refractivity contribution in [2.24, 2.45) is 0 Å². The molecule has 5 heteroatoms. The van der Waals surface area contributed by atoms with Crippen LogP contribution in [0.5, 0.6) is 0 Å². The molecular formula is C18H14ClN3O. The number of carbonyl (C=O) groups excluding carboxylic acids is 1. The van der Waals surface area contributed by atoms with Gasteiger partial charge in [-0.1, -0.05) is 41.9 Å². The van der Waals surface area contributed by atoms with Crippen LogP contribution in [0.2, 0.25) is 5.02 Å². The summed E-state index contributed by atoms with van der Waals surface area (Å²) in [7, 11) is 0. The maximum Gasteiger partial charge on any atom is 0.226 e. The molecule has 1 amide bonds. The highest BCUT2D eigenvalue weighted by Gasteiger charge is 2.30. The molecule has 0 saturated carbocycles. The number of carbonyl (C=O) groups is 1. The van der Waals surface area contributed by atoms with Crippen LogP contribution in [-0.2, 0) is 4.79 Å². The highest BCUT2D eigenvalue weighted by Crippen LogP contribution is 2.37. The van der Waals surface area contributed by atoms with E-state index in [4.69, 9.17) is 11.6 Å². The maximum atomic E-state index is 12.2. The number of fused-ring (bicyclic) bond motifs is 1. The van der Waals surface area contributed by atoms with Crippen molar-refractivity contribution in [1.82, 2.24) is 9.55 Å². The molecular weight excluding hydrogens is 310 g/mol. The van der Waals surface area contributed by atoms with Gasteiger partial charge in [-0.3, -0.25) is 9.36 Å². The van der Waals surface area contributed by atoms with Crippen molar-refractivity contribution in [3.05, 3.63) is 77.2 Å². The van der Waals surface area contributed by atoms with Gasteiger partial charge in [-0.15, -0.1) is 0 Å². The van der Waals surface area contributed by atoms with E-state index in [1.54, 1.807) is 6.33 Å². The smallest absolute Gasteiger partial charge is 0.226 e. The molecule has 0 radical (unpaired) electrons. The average molecular weight is 324 g/mol. The summed E-state index contributed by atoms with van der Waals surface area (Å²) in [5, 5.41) is 3.62. The van der Waals surface area contributed by atoms with Gasteiger partial charge in [0.05, 0.1) is 5.69 Å². The minimum Gasteiger partial charge on any atom is -0.310 e. The van der Waals surface area contributed by atoms with Gasteiger partial charge in [-0.05, 0) is 29.8 Å². The second kappa shape index (κ2) is 5.56. The van der Waals surface area contributed by atoms with Gasteiger partial charge in [-0.2, -0.15) is 0 Å². The summed E-state index contributed by atoms with van der Waals surface area (Å²) in [4.78, 5) is 16.7. The fraction of sp³-hybridized carbons (Fsp3) is 0.111. The van der Waals surface area contributed by atoms with E-state index in [0.717, 1.165) is 22.8 Å². The number of aromatic nitrogens is 2. The van der Waals surface area contributed by atoms with E-state index in [9.17, 15) is 4.79 Å². The number of nitrogens with one attached hydrogen (secondary N) is 1. The average Bonchev–Trinajstić information content (AvgIpc) is 2.99. The van der Waals surface area contributed by atoms with Gasteiger partial charge < -0.3 is 5.32 Å². The summed E-state index contributed by atoms with van der Waals surface area (Å²) in [6.07, 6.45) is 2.16. The van der Waals surface area contributed by atoms with Gasteiger partial charge in [0.25, 0.3) is 0 Å². The van der Waals surface area contributed by atoms with Gasteiger partial charge in [0.15, 0.2) is 0 Å². The van der Waals surface area contributed by atoms with E-state index in [1.807, 2.05) is 59.2 Å². The van der Waals surface area contributed by atoms with E-state index in [0.29, 0.717) is 11.4 Å². The number of nitrogens with zero attached hydrogens (tertiary/aromatic N) is 2. The number of hydrogen-bond acceptors (Lipinski definition) is 2. The van der Waals surface area contributed by atoms with Crippen molar-refractivity contribution in [1.29, 1.82) is 0 Å². The number of halogens is 1. The number of imidazole rings is 1. The van der Waals surface area contributed by atoms with Crippen LogP contribution in [0.1, 0.15) is 23.6 Å². The Balaban J connectivity index is 1.81. The Morgan fingerprint density at radius 3 is 2.57 bits per heavy atom. The number of benzene rings is 2. The third-order valence-corrected chi connectivity index (χ3v) is 4.33. The van der Waals surface area contributed by atoms with E-state index >= 15 is 0 Å². The molecule has 3 aromatic rings. The molecule has 1 aliphatic rings. The molecule has 23 heavy (non-hydrogen) atoms. The first-order chi connectivity index (χ1) is 11.2. The SMILES string of the molecule is O=C1CC(c2ccccc2)c2ncn(-c3ccc(Cl)cc3)c2N1. The number of hydrogen-bond donors (Lipinski definition) is 1. The second-order valence-corrected chi connectivity index (χ2v) is 5.98. The third-order valence-electron chi connectivity index (χ3n) is 4.08. The summed E-state index contributed by atoms with van der Waals surface area (Å²) in [6, 6.07) is 17.5. The zero-order valence-corrected chi connectivity index (χ0v) is 13.0. The normalized spacial score (nSPS) is 16.7. The quantitative estimate of drug-likeness (QED) is 0.775. The fourth-order valence-corrected chi connectivity index (χ4v) is 3.09. The summed E-state index contributed by atoms with van der Waals surface area (Å²) < 4.78 is 1.89. The van der Waals surface area contributed by atoms with Crippen LogP contribution in [-0.4, -0.2) is 15.5 Å². The van der Waals surface area contributed by atoms with Crippen molar-refractivity contribution in [3.8, 4) is 5.69 Å². The lowest BCUT2D eigenvalue weighted by Crippen LogP contribution is -2.24. The third kappa shape index (κ3) is 2.51. The minimum atomic E-state index is -0.0199. The van der Waals surface area contributed by atoms with Crippen molar-refractivity contribution in [2.75, 3.05) is 5.32 Å². The van der Waals surface area contributed by atoms with Crippen molar-refractivity contribution < 1.29 is 4.79 Å². The van der Waals surface area contributed by atoms with Crippen LogP contribution in [0.15, 0.2) is 60.9 Å². The Morgan fingerprint density at radius 2 is 1.83 bits per heavy atom. The lowest BCUT2D eigenvalue weighted by atomic mass is 9.90. The van der Waals surface area contributed by atoms with E-state index in [-0.39, 0.29) is 11.8 Å². The predicted molar refractivity (Wildman–Crippen MR) is 90.1 cm³/mol. The first-order valence-electron chi connectivity index (χ1n) is 7.40. The maximum absolute atomic E-state index is 12.2. The van der Waals surface area contributed by atoms with Gasteiger partial charge in [-0.25, -0.2) is 4.98 Å². The highest BCUT2D eigenvalue weighted by atomic mass is 35.5.